The molecule has 0 aliphatic rings. The van der Waals surface area contributed by atoms with Gasteiger partial charge in [0, 0.05) is 16.1 Å². The molecule has 5 heteroatoms. The summed E-state index contributed by atoms with van der Waals surface area (Å²) in [4.78, 5) is 25.4. The average molecular weight is 345 g/mol. The Bertz CT molecular complexity index is 712. The summed E-state index contributed by atoms with van der Waals surface area (Å²) in [5, 5.41) is 1.96. The van der Waals surface area contributed by atoms with Crippen molar-refractivity contribution in [2.24, 2.45) is 0 Å². The van der Waals surface area contributed by atoms with Crippen LogP contribution in [0.4, 0.5) is 0 Å². The van der Waals surface area contributed by atoms with Crippen LogP contribution < -0.4 is 5.43 Å². The number of carbonyl (C=O) groups is 2. The van der Waals surface area contributed by atoms with Gasteiger partial charge >= 0.3 is 0 Å². The molecule has 0 atom stereocenters. The van der Waals surface area contributed by atoms with Gasteiger partial charge < -0.3 is 0 Å². The maximum absolute atomic E-state index is 12.9. The molecular weight excluding hydrogens is 324 g/mol. The molecule has 0 bridgehead atoms. The predicted molar refractivity (Wildman–Crippen MR) is 95.9 cm³/mol. The van der Waals surface area contributed by atoms with Crippen molar-refractivity contribution in [1.82, 2.24) is 10.4 Å². The molecule has 2 rings (SSSR count). The predicted octanol–water partition coefficient (Wildman–Crippen LogP) is 4.32. The minimum Gasteiger partial charge on any atom is -0.267 e. The minimum atomic E-state index is -0.533. The zero-order chi connectivity index (χ0) is 17.7. The summed E-state index contributed by atoms with van der Waals surface area (Å²) in [6, 6.07) is 15.4. The Morgan fingerprint density at radius 1 is 1.00 bits per heavy atom. The Labute approximate surface area is 147 Å². The summed E-state index contributed by atoms with van der Waals surface area (Å²) < 4.78 is 0. The van der Waals surface area contributed by atoms with Crippen molar-refractivity contribution in [3.8, 4) is 0 Å². The number of nitrogens with one attached hydrogen (secondary N) is 1. The lowest BCUT2D eigenvalue weighted by Crippen LogP contribution is -2.57. The topological polar surface area (TPSA) is 49.4 Å². The highest BCUT2D eigenvalue weighted by atomic mass is 35.5. The number of hydrogen-bond acceptors (Lipinski definition) is 2. The molecular formula is C19H21ClN2O2. The Morgan fingerprint density at radius 3 is 2.12 bits per heavy atom. The minimum absolute atomic E-state index is 0.246. The Morgan fingerprint density at radius 2 is 1.58 bits per heavy atom. The molecule has 0 fully saturated rings. The van der Waals surface area contributed by atoms with Crippen LogP contribution in [-0.4, -0.2) is 22.4 Å². The van der Waals surface area contributed by atoms with Crippen LogP contribution in [0.2, 0.25) is 5.02 Å². The van der Waals surface area contributed by atoms with E-state index in [9.17, 15) is 9.59 Å². The largest absolute Gasteiger partial charge is 0.272 e. The van der Waals surface area contributed by atoms with Gasteiger partial charge in [0.1, 0.15) is 0 Å². The van der Waals surface area contributed by atoms with Crippen LogP contribution in [0.3, 0.4) is 0 Å². The van der Waals surface area contributed by atoms with Crippen LogP contribution in [0, 0.1) is 0 Å². The van der Waals surface area contributed by atoms with Crippen LogP contribution in [-0.2, 0) is 0 Å². The third-order valence-electron chi connectivity index (χ3n) is 4.01. The second kappa shape index (κ2) is 7.49. The van der Waals surface area contributed by atoms with E-state index in [0.717, 1.165) is 0 Å². The fraction of sp³-hybridized carbons (Fsp3) is 0.263. The molecule has 4 nitrogen and oxygen atoms in total. The number of halogens is 1. The van der Waals surface area contributed by atoms with Crippen LogP contribution in [0.1, 0.15) is 47.9 Å². The molecule has 0 aromatic heterocycles. The van der Waals surface area contributed by atoms with Gasteiger partial charge in [0.25, 0.3) is 11.8 Å². The highest BCUT2D eigenvalue weighted by molar-refractivity contribution is 6.30. The number of hydrogen-bond donors (Lipinski definition) is 1. The monoisotopic (exact) mass is 344 g/mol. The molecule has 0 radical (unpaired) electrons. The van der Waals surface area contributed by atoms with Gasteiger partial charge in [0.05, 0.1) is 5.54 Å². The first kappa shape index (κ1) is 18.0. The summed E-state index contributed by atoms with van der Waals surface area (Å²) in [5.74, 6) is -0.595. The number of nitrogens with zero attached hydrogens (tertiary/aromatic N) is 1. The lowest BCUT2D eigenvalue weighted by molar-refractivity contribution is 0.0307. The zero-order valence-corrected chi connectivity index (χ0v) is 14.8. The Kier molecular flexibility index (Phi) is 5.62. The number of hydrazine groups is 1. The number of benzene rings is 2. The smallest absolute Gasteiger partial charge is 0.267 e. The van der Waals surface area contributed by atoms with Gasteiger partial charge in [0.2, 0.25) is 0 Å². The molecule has 24 heavy (non-hydrogen) atoms. The quantitative estimate of drug-likeness (QED) is 0.840. The molecule has 2 amide bonds. The first-order chi connectivity index (χ1) is 11.3. The average Bonchev–Trinajstić information content (AvgIpc) is 2.60. The molecule has 2 aromatic carbocycles. The van der Waals surface area contributed by atoms with Crippen LogP contribution in [0.15, 0.2) is 54.6 Å². The van der Waals surface area contributed by atoms with Crippen molar-refractivity contribution < 1.29 is 9.59 Å². The number of rotatable bonds is 4. The van der Waals surface area contributed by atoms with Gasteiger partial charge in [0.15, 0.2) is 0 Å². The fourth-order valence-electron chi connectivity index (χ4n) is 2.11. The van der Waals surface area contributed by atoms with Gasteiger partial charge in [-0.1, -0.05) is 36.7 Å². The van der Waals surface area contributed by atoms with E-state index in [1.165, 1.54) is 5.01 Å². The van der Waals surface area contributed by atoms with E-state index in [-0.39, 0.29) is 11.8 Å². The molecule has 0 aliphatic carbocycles. The van der Waals surface area contributed by atoms with Crippen LogP contribution in [0.25, 0.3) is 0 Å². The molecule has 126 valence electrons. The normalized spacial score (nSPS) is 11.0. The summed E-state index contributed by atoms with van der Waals surface area (Å²) in [6.45, 7) is 5.80. The number of amides is 2. The van der Waals surface area contributed by atoms with Crippen molar-refractivity contribution in [2.45, 2.75) is 32.7 Å². The summed E-state index contributed by atoms with van der Waals surface area (Å²) in [6.07, 6.45) is 0.687. The SMILES string of the molecule is CCC(C)(C)N(NC(=O)c1ccc(Cl)cc1)C(=O)c1ccccc1. The molecule has 0 unspecified atom stereocenters. The summed E-state index contributed by atoms with van der Waals surface area (Å²) in [7, 11) is 0. The van der Waals surface area contributed by atoms with Crippen LogP contribution >= 0.6 is 11.6 Å². The van der Waals surface area contributed by atoms with Gasteiger partial charge in [-0.05, 0) is 56.7 Å². The lowest BCUT2D eigenvalue weighted by atomic mass is 10.00. The van der Waals surface area contributed by atoms with Crippen LogP contribution in [0.5, 0.6) is 0 Å². The molecule has 0 spiro atoms. The van der Waals surface area contributed by atoms with E-state index >= 15 is 0 Å². The molecule has 2 aromatic rings. The van der Waals surface area contributed by atoms with E-state index in [2.05, 4.69) is 5.43 Å². The van der Waals surface area contributed by atoms with Crippen molar-refractivity contribution >= 4 is 23.4 Å². The number of carbonyl (C=O) groups excluding carboxylic acids is 2. The second-order valence-electron chi connectivity index (χ2n) is 6.12. The maximum Gasteiger partial charge on any atom is 0.272 e. The van der Waals surface area contributed by atoms with Gasteiger partial charge in [-0.15, -0.1) is 0 Å². The summed E-state index contributed by atoms with van der Waals surface area (Å²) in [5.41, 5.74) is 3.18. The lowest BCUT2D eigenvalue weighted by Gasteiger charge is -2.37. The zero-order valence-electron chi connectivity index (χ0n) is 14.0. The third-order valence-corrected chi connectivity index (χ3v) is 4.27. The van der Waals surface area contributed by atoms with E-state index in [0.29, 0.717) is 22.6 Å². The fourth-order valence-corrected chi connectivity index (χ4v) is 2.24. The summed E-state index contributed by atoms with van der Waals surface area (Å²) >= 11 is 5.85. The Hall–Kier alpha value is -2.33. The van der Waals surface area contributed by atoms with E-state index in [1.807, 2.05) is 26.8 Å². The standard InChI is InChI=1S/C19H21ClN2O2/c1-4-19(2,3)22(18(24)15-8-6-5-7-9-15)21-17(23)14-10-12-16(20)13-11-14/h5-13H,4H2,1-3H3,(H,21,23). The highest BCUT2D eigenvalue weighted by Gasteiger charge is 2.32. The molecule has 0 aliphatic heterocycles. The van der Waals surface area contributed by atoms with E-state index in [1.54, 1.807) is 48.5 Å². The third kappa shape index (κ3) is 4.15. The molecule has 0 saturated carbocycles. The van der Waals surface area contributed by atoms with Gasteiger partial charge in [-0.25, -0.2) is 5.01 Å². The van der Waals surface area contributed by atoms with Crippen molar-refractivity contribution in [3.63, 3.8) is 0 Å². The first-order valence-corrected chi connectivity index (χ1v) is 8.19. The van der Waals surface area contributed by atoms with Crippen molar-refractivity contribution in [2.75, 3.05) is 0 Å². The van der Waals surface area contributed by atoms with Crippen molar-refractivity contribution in [3.05, 3.63) is 70.7 Å². The van der Waals surface area contributed by atoms with E-state index in [4.69, 9.17) is 11.6 Å². The highest BCUT2D eigenvalue weighted by Crippen LogP contribution is 2.20. The van der Waals surface area contributed by atoms with Gasteiger partial charge in [-0.3, -0.25) is 15.0 Å². The maximum atomic E-state index is 12.9. The van der Waals surface area contributed by atoms with E-state index < -0.39 is 5.54 Å². The molecule has 0 saturated heterocycles. The molecule has 1 N–H and O–H groups in total. The van der Waals surface area contributed by atoms with Gasteiger partial charge in [-0.2, -0.15) is 0 Å². The first-order valence-electron chi connectivity index (χ1n) is 7.81. The van der Waals surface area contributed by atoms with Crippen molar-refractivity contribution in [1.29, 1.82) is 0 Å². The molecule has 0 heterocycles. The second-order valence-corrected chi connectivity index (χ2v) is 6.56. The Balaban J connectivity index is 2.28.